The molecule has 0 saturated carbocycles. The van der Waals surface area contributed by atoms with Gasteiger partial charge in [-0.3, -0.25) is 9.97 Å². The first-order valence-corrected chi connectivity index (χ1v) is 11.1. The van der Waals surface area contributed by atoms with Gasteiger partial charge in [0.15, 0.2) is 0 Å². The van der Waals surface area contributed by atoms with Gasteiger partial charge in [-0.05, 0) is 61.7 Å². The summed E-state index contributed by atoms with van der Waals surface area (Å²) in [6.45, 7) is 6.45. The first-order valence-electron chi connectivity index (χ1n) is 11.1. The van der Waals surface area contributed by atoms with Gasteiger partial charge in [0.2, 0.25) is 0 Å². The topological polar surface area (TPSA) is 35.6 Å². The van der Waals surface area contributed by atoms with Gasteiger partial charge in [-0.15, -0.1) is 23.8 Å². The second-order valence-corrected chi connectivity index (χ2v) is 8.56. The van der Waals surface area contributed by atoms with Gasteiger partial charge < -0.3 is 9.13 Å². The van der Waals surface area contributed by atoms with Crippen molar-refractivity contribution < 1.29 is 20.1 Å². The van der Waals surface area contributed by atoms with Crippen molar-refractivity contribution in [2.45, 2.75) is 20.8 Å². The number of imidazole rings is 1. The number of hydrogen-bond acceptors (Lipinski definition) is 2. The van der Waals surface area contributed by atoms with Crippen molar-refractivity contribution in [3.05, 3.63) is 108 Å². The van der Waals surface area contributed by atoms with Crippen LogP contribution in [0.25, 0.3) is 44.7 Å². The summed E-state index contributed by atoms with van der Waals surface area (Å²) >= 11 is 0. The molecular weight excluding hydrogens is 597 g/mol. The van der Waals surface area contributed by atoms with E-state index in [2.05, 4.69) is 90.6 Å². The Balaban J connectivity index is 0.00000241. The Morgan fingerprint density at radius 3 is 2.32 bits per heavy atom. The second kappa shape index (κ2) is 8.68. The summed E-state index contributed by atoms with van der Waals surface area (Å²) in [4.78, 5) is 9.46. The maximum atomic E-state index is 4.73. The number of aryl methyl sites for hydroxylation is 3. The van der Waals surface area contributed by atoms with E-state index in [-0.39, 0.29) is 20.1 Å². The number of rotatable bonds is 3. The molecule has 0 atom stereocenters. The first-order chi connectivity index (χ1) is 16.1. The largest absolute Gasteiger partial charge is 0.349 e. The number of aromatic nitrogens is 4. The zero-order valence-corrected chi connectivity index (χ0v) is 21.6. The molecule has 169 valence electrons. The maximum absolute atomic E-state index is 4.73. The minimum absolute atomic E-state index is 0. The molecule has 6 aromatic rings. The molecule has 0 aliphatic carbocycles. The third-order valence-electron chi connectivity index (χ3n) is 6.22. The molecule has 6 rings (SSSR count). The van der Waals surface area contributed by atoms with E-state index in [1.54, 1.807) is 0 Å². The van der Waals surface area contributed by atoms with Crippen LogP contribution in [0.5, 0.6) is 0 Å². The van der Waals surface area contributed by atoms with E-state index in [4.69, 9.17) is 9.97 Å². The molecule has 0 bridgehead atoms. The average Bonchev–Trinajstić information content (AvgIpc) is 3.41. The summed E-state index contributed by atoms with van der Waals surface area (Å²) in [6, 6.07) is 26.7. The summed E-state index contributed by atoms with van der Waals surface area (Å²) in [6.07, 6.45) is 5.74. The van der Waals surface area contributed by atoms with Crippen LogP contribution in [0.15, 0.2) is 85.3 Å². The Morgan fingerprint density at radius 2 is 1.56 bits per heavy atom. The zero-order chi connectivity index (χ0) is 22.5. The zero-order valence-electron chi connectivity index (χ0n) is 19.2. The number of pyridine rings is 1. The van der Waals surface area contributed by atoms with Gasteiger partial charge in [0.25, 0.3) is 0 Å². The fourth-order valence-corrected chi connectivity index (χ4v) is 4.99. The molecule has 0 unspecified atom stereocenters. The van der Waals surface area contributed by atoms with Crippen LogP contribution in [-0.2, 0) is 20.1 Å². The van der Waals surface area contributed by atoms with E-state index in [0.29, 0.717) is 0 Å². The van der Waals surface area contributed by atoms with E-state index < -0.39 is 0 Å². The molecule has 3 aromatic carbocycles. The van der Waals surface area contributed by atoms with Crippen molar-refractivity contribution in [2.75, 3.05) is 0 Å². The minimum atomic E-state index is 0. The van der Waals surface area contributed by atoms with E-state index in [1.165, 1.54) is 22.4 Å². The van der Waals surface area contributed by atoms with E-state index >= 15 is 0 Å². The Hall–Kier alpha value is -3.53. The minimum Gasteiger partial charge on any atom is -0.349 e. The molecule has 0 N–H and O–H groups in total. The van der Waals surface area contributed by atoms with Crippen LogP contribution in [0.1, 0.15) is 16.7 Å². The van der Waals surface area contributed by atoms with Crippen molar-refractivity contribution in [2.24, 2.45) is 0 Å². The number of hydrogen-bond donors (Lipinski definition) is 0. The Bertz CT molecular complexity index is 1620. The summed E-state index contributed by atoms with van der Waals surface area (Å²) in [7, 11) is 0. The number of benzene rings is 3. The molecule has 1 radical (unpaired) electrons. The number of para-hydroxylation sites is 1. The number of fused-ring (bicyclic) bond motifs is 3. The van der Waals surface area contributed by atoms with Crippen molar-refractivity contribution in [3.63, 3.8) is 0 Å². The molecule has 0 spiro atoms. The molecule has 3 aromatic heterocycles. The quantitative estimate of drug-likeness (QED) is 0.206. The molecule has 0 aliphatic heterocycles. The Labute approximate surface area is 212 Å². The molecule has 3 heterocycles. The van der Waals surface area contributed by atoms with E-state index in [0.717, 1.165) is 39.0 Å². The predicted octanol–water partition coefficient (Wildman–Crippen LogP) is 6.75. The third-order valence-corrected chi connectivity index (χ3v) is 6.22. The van der Waals surface area contributed by atoms with Gasteiger partial charge in [0.05, 0.1) is 16.9 Å². The fourth-order valence-electron chi connectivity index (χ4n) is 4.99. The van der Waals surface area contributed by atoms with Crippen LogP contribution in [0.3, 0.4) is 0 Å². The second-order valence-electron chi connectivity index (χ2n) is 8.56. The SMILES string of the molecule is Cc1cc(C)c(-n2ccnc2-c2[c-]cc3c(c2)c2ncccc2n3-c2ccccc2)c(C)c1.[Ir]. The van der Waals surface area contributed by atoms with Crippen LogP contribution < -0.4 is 0 Å². The summed E-state index contributed by atoms with van der Waals surface area (Å²) in [5, 5.41) is 1.09. The monoisotopic (exact) mass is 620 g/mol. The van der Waals surface area contributed by atoms with Crippen molar-refractivity contribution in [1.29, 1.82) is 0 Å². The van der Waals surface area contributed by atoms with Crippen molar-refractivity contribution in [1.82, 2.24) is 19.1 Å². The summed E-state index contributed by atoms with van der Waals surface area (Å²) < 4.78 is 4.42. The summed E-state index contributed by atoms with van der Waals surface area (Å²) in [5.74, 6) is 0.878. The van der Waals surface area contributed by atoms with Crippen LogP contribution >= 0.6 is 0 Å². The Kier molecular flexibility index (Phi) is 5.68. The molecule has 0 aliphatic rings. The predicted molar refractivity (Wildman–Crippen MR) is 134 cm³/mol. The maximum Gasteiger partial charge on any atom is 0.0771 e. The van der Waals surface area contributed by atoms with Crippen LogP contribution in [0.4, 0.5) is 0 Å². The van der Waals surface area contributed by atoms with Crippen LogP contribution in [0.2, 0.25) is 0 Å². The van der Waals surface area contributed by atoms with Gasteiger partial charge in [-0.2, -0.15) is 0 Å². The van der Waals surface area contributed by atoms with Crippen molar-refractivity contribution in [3.8, 4) is 22.8 Å². The molecule has 34 heavy (non-hydrogen) atoms. The molecule has 4 nitrogen and oxygen atoms in total. The van der Waals surface area contributed by atoms with E-state index in [1.807, 2.05) is 30.7 Å². The Morgan fingerprint density at radius 1 is 0.794 bits per heavy atom. The van der Waals surface area contributed by atoms with E-state index in [9.17, 15) is 0 Å². The fraction of sp³-hybridized carbons (Fsp3) is 0.103. The van der Waals surface area contributed by atoms with Gasteiger partial charge in [0.1, 0.15) is 0 Å². The average molecular weight is 620 g/mol. The first kappa shape index (κ1) is 22.3. The summed E-state index contributed by atoms with van der Waals surface area (Å²) in [5.41, 5.74) is 10.1. The van der Waals surface area contributed by atoms with Crippen LogP contribution in [0, 0.1) is 26.8 Å². The van der Waals surface area contributed by atoms with Gasteiger partial charge in [-0.25, -0.2) is 0 Å². The third kappa shape index (κ3) is 3.49. The molecule has 0 fully saturated rings. The molecule has 0 amide bonds. The van der Waals surface area contributed by atoms with Crippen LogP contribution in [-0.4, -0.2) is 19.1 Å². The van der Waals surface area contributed by atoms with Gasteiger partial charge >= 0.3 is 0 Å². The standard InChI is InChI=1S/C29H23N4.Ir/c1-19-16-20(2)28(21(3)17-19)32-15-14-31-29(32)22-11-12-25-24(18-22)27-26(10-7-13-30-27)33(25)23-8-5-4-6-9-23;/h4-10,12-18H,1-3H3;/q-1;. The van der Waals surface area contributed by atoms with Crippen molar-refractivity contribution >= 4 is 21.9 Å². The molecular formula is C29H23IrN4-. The molecule has 5 heteroatoms. The number of nitrogens with zero attached hydrogens (tertiary/aromatic N) is 4. The normalized spacial score (nSPS) is 11.1. The smallest absolute Gasteiger partial charge is 0.0771 e. The van der Waals surface area contributed by atoms with Gasteiger partial charge in [0, 0.05) is 50.1 Å². The van der Waals surface area contributed by atoms with Gasteiger partial charge in [-0.1, -0.05) is 41.3 Å². The molecule has 0 saturated heterocycles.